The highest BCUT2D eigenvalue weighted by molar-refractivity contribution is 7.80. The maximum absolute atomic E-state index is 4.16. The van der Waals surface area contributed by atoms with Gasteiger partial charge in [0, 0.05) is 0 Å². The van der Waals surface area contributed by atoms with Crippen LogP contribution in [-0.4, -0.2) is 5.75 Å². The van der Waals surface area contributed by atoms with Crippen molar-refractivity contribution in [3.63, 3.8) is 0 Å². The van der Waals surface area contributed by atoms with Crippen LogP contribution in [0.3, 0.4) is 0 Å². The van der Waals surface area contributed by atoms with Gasteiger partial charge in [-0.15, -0.1) is 0 Å². The largest absolute Gasteiger partial charge is 0.179 e. The molecule has 2 aromatic rings. The highest BCUT2D eigenvalue weighted by atomic mass is 32.1. The molecule has 18 heavy (non-hydrogen) atoms. The normalized spacial score (nSPS) is 9.56. The lowest BCUT2D eigenvalue weighted by molar-refractivity contribution is 1.16. The lowest BCUT2D eigenvalue weighted by Gasteiger charge is -1.96. The van der Waals surface area contributed by atoms with Gasteiger partial charge in [0.1, 0.15) is 0 Å². The van der Waals surface area contributed by atoms with Gasteiger partial charge in [-0.2, -0.15) is 12.6 Å². The molecule has 2 rings (SSSR count). The summed E-state index contributed by atoms with van der Waals surface area (Å²) < 4.78 is 0. The number of aryl methyl sites for hydroxylation is 4. The van der Waals surface area contributed by atoms with Gasteiger partial charge in [-0.3, -0.25) is 0 Å². The lowest BCUT2D eigenvalue weighted by Crippen LogP contribution is -1.84. The maximum Gasteiger partial charge on any atom is -0.00574 e. The number of rotatable bonds is 2. The van der Waals surface area contributed by atoms with Crippen molar-refractivity contribution in [3.8, 4) is 0 Å². The fourth-order valence-corrected chi connectivity index (χ4v) is 1.78. The SMILES string of the molecule is Cc1ccc(C)cc1.Cc1ccc(CCS)cc1. The summed E-state index contributed by atoms with van der Waals surface area (Å²) in [5.41, 5.74) is 5.36. The van der Waals surface area contributed by atoms with Crippen LogP contribution in [0.2, 0.25) is 0 Å². The third-order valence-electron chi connectivity index (χ3n) is 2.74. The minimum absolute atomic E-state index is 0.934. The van der Waals surface area contributed by atoms with Crippen LogP contribution in [0.4, 0.5) is 0 Å². The monoisotopic (exact) mass is 258 g/mol. The summed E-state index contributed by atoms with van der Waals surface area (Å²) in [6.07, 6.45) is 1.07. The number of benzene rings is 2. The Labute approximate surface area is 116 Å². The van der Waals surface area contributed by atoms with Gasteiger partial charge in [-0.05, 0) is 38.5 Å². The predicted octanol–water partition coefficient (Wildman–Crippen LogP) is 4.77. The summed E-state index contributed by atoms with van der Waals surface area (Å²) >= 11 is 4.16. The van der Waals surface area contributed by atoms with Crippen molar-refractivity contribution in [2.45, 2.75) is 27.2 Å². The topological polar surface area (TPSA) is 0 Å². The molecule has 0 heterocycles. The zero-order valence-electron chi connectivity index (χ0n) is 11.5. The van der Waals surface area contributed by atoms with Crippen LogP contribution >= 0.6 is 12.6 Å². The Morgan fingerprint density at radius 3 is 1.33 bits per heavy atom. The first-order chi connectivity index (χ1) is 8.61. The highest BCUT2D eigenvalue weighted by Crippen LogP contribution is 2.03. The Kier molecular flexibility index (Phi) is 6.59. The first-order valence-electron chi connectivity index (χ1n) is 6.31. The van der Waals surface area contributed by atoms with E-state index in [4.69, 9.17) is 0 Å². The fraction of sp³-hybridized carbons (Fsp3) is 0.294. The molecule has 0 atom stereocenters. The van der Waals surface area contributed by atoms with E-state index in [1.807, 2.05) is 0 Å². The zero-order chi connectivity index (χ0) is 13.4. The highest BCUT2D eigenvalue weighted by Gasteiger charge is 1.88. The van der Waals surface area contributed by atoms with Crippen LogP contribution in [0.15, 0.2) is 48.5 Å². The van der Waals surface area contributed by atoms with Gasteiger partial charge in [-0.1, -0.05) is 65.2 Å². The summed E-state index contributed by atoms with van der Waals surface area (Å²) in [7, 11) is 0. The van der Waals surface area contributed by atoms with Crippen molar-refractivity contribution in [1.82, 2.24) is 0 Å². The van der Waals surface area contributed by atoms with Crippen molar-refractivity contribution in [2.24, 2.45) is 0 Å². The Morgan fingerprint density at radius 1 is 0.667 bits per heavy atom. The lowest BCUT2D eigenvalue weighted by atomic mass is 10.1. The number of hydrogen-bond acceptors (Lipinski definition) is 1. The van der Waals surface area contributed by atoms with Crippen molar-refractivity contribution >= 4 is 12.6 Å². The van der Waals surface area contributed by atoms with Gasteiger partial charge < -0.3 is 0 Å². The molecule has 0 unspecified atom stereocenters. The van der Waals surface area contributed by atoms with Gasteiger partial charge in [0.05, 0.1) is 0 Å². The van der Waals surface area contributed by atoms with Crippen molar-refractivity contribution < 1.29 is 0 Å². The molecule has 0 amide bonds. The van der Waals surface area contributed by atoms with Crippen LogP contribution in [0.5, 0.6) is 0 Å². The maximum atomic E-state index is 4.16. The molecule has 0 bridgehead atoms. The smallest absolute Gasteiger partial charge is 0.00574 e. The summed E-state index contributed by atoms with van der Waals surface area (Å²) in [6, 6.07) is 17.1. The average molecular weight is 258 g/mol. The predicted molar refractivity (Wildman–Crippen MR) is 84.7 cm³/mol. The second-order valence-corrected chi connectivity index (χ2v) is 5.06. The quantitative estimate of drug-likeness (QED) is 0.737. The molecule has 0 N–H and O–H groups in total. The molecule has 1 heteroatoms. The molecular weight excluding hydrogens is 236 g/mol. The van der Waals surface area contributed by atoms with Gasteiger partial charge in [-0.25, -0.2) is 0 Å². The van der Waals surface area contributed by atoms with Crippen molar-refractivity contribution in [2.75, 3.05) is 5.75 Å². The third kappa shape index (κ3) is 5.92. The molecule has 2 aromatic carbocycles. The number of thiol groups is 1. The van der Waals surface area contributed by atoms with E-state index in [0.29, 0.717) is 0 Å². The van der Waals surface area contributed by atoms with Crippen LogP contribution in [0, 0.1) is 20.8 Å². The molecule has 96 valence electrons. The van der Waals surface area contributed by atoms with Crippen LogP contribution in [0.1, 0.15) is 22.3 Å². The minimum Gasteiger partial charge on any atom is -0.179 e. The van der Waals surface area contributed by atoms with Crippen LogP contribution in [-0.2, 0) is 6.42 Å². The van der Waals surface area contributed by atoms with Crippen molar-refractivity contribution in [3.05, 3.63) is 70.8 Å². The fourth-order valence-electron chi connectivity index (χ4n) is 1.52. The molecule has 0 aliphatic heterocycles. The van der Waals surface area contributed by atoms with E-state index in [9.17, 15) is 0 Å². The van der Waals surface area contributed by atoms with Gasteiger partial charge >= 0.3 is 0 Å². The Bertz CT molecular complexity index is 419. The van der Waals surface area contributed by atoms with E-state index in [-0.39, 0.29) is 0 Å². The Hall–Kier alpha value is -1.21. The standard InChI is InChI=1S/C9H12S.C8H10/c1-8-2-4-9(5-3-8)6-7-10;1-7-3-5-8(2)6-4-7/h2-5,10H,6-7H2,1H3;3-6H,1-2H3. The van der Waals surface area contributed by atoms with Gasteiger partial charge in [0.15, 0.2) is 0 Å². The molecule has 0 nitrogen and oxygen atoms in total. The van der Waals surface area contributed by atoms with Gasteiger partial charge in [0.25, 0.3) is 0 Å². The third-order valence-corrected chi connectivity index (χ3v) is 2.96. The molecule has 0 saturated heterocycles. The Balaban J connectivity index is 0.000000184. The van der Waals surface area contributed by atoms with E-state index >= 15 is 0 Å². The summed E-state index contributed by atoms with van der Waals surface area (Å²) in [5, 5.41) is 0. The molecule has 0 aromatic heterocycles. The van der Waals surface area contributed by atoms with Crippen molar-refractivity contribution in [1.29, 1.82) is 0 Å². The summed E-state index contributed by atoms with van der Waals surface area (Å²) in [4.78, 5) is 0. The minimum atomic E-state index is 0.934. The van der Waals surface area contributed by atoms with E-state index in [0.717, 1.165) is 12.2 Å². The zero-order valence-corrected chi connectivity index (χ0v) is 12.4. The first kappa shape index (κ1) is 14.8. The second kappa shape index (κ2) is 7.99. The molecular formula is C17H22S. The molecule has 0 aliphatic rings. The Morgan fingerprint density at radius 2 is 1.00 bits per heavy atom. The number of hydrogen-bond donors (Lipinski definition) is 1. The molecule has 0 fully saturated rings. The van der Waals surface area contributed by atoms with E-state index < -0.39 is 0 Å². The summed E-state index contributed by atoms with van der Waals surface area (Å²) in [6.45, 7) is 6.29. The first-order valence-corrected chi connectivity index (χ1v) is 6.94. The van der Waals surface area contributed by atoms with E-state index in [1.165, 1.54) is 22.3 Å². The molecule has 0 saturated carbocycles. The molecule has 0 aliphatic carbocycles. The summed E-state index contributed by atoms with van der Waals surface area (Å²) in [5.74, 6) is 0.934. The van der Waals surface area contributed by atoms with E-state index in [2.05, 4.69) is 81.9 Å². The molecule has 0 spiro atoms. The van der Waals surface area contributed by atoms with Crippen LogP contribution < -0.4 is 0 Å². The van der Waals surface area contributed by atoms with E-state index in [1.54, 1.807) is 0 Å². The second-order valence-electron chi connectivity index (χ2n) is 4.61. The van der Waals surface area contributed by atoms with Gasteiger partial charge in [0.2, 0.25) is 0 Å². The average Bonchev–Trinajstić information content (AvgIpc) is 2.37. The van der Waals surface area contributed by atoms with Crippen LogP contribution in [0.25, 0.3) is 0 Å². The molecule has 0 radical (unpaired) electrons.